The highest BCUT2D eigenvalue weighted by atomic mass is 79.9. The van der Waals surface area contributed by atoms with E-state index >= 15 is 0 Å². The lowest BCUT2D eigenvalue weighted by atomic mass is 9.53. The molecule has 0 radical (unpaired) electrons. The third-order valence-corrected chi connectivity index (χ3v) is 6.05. The van der Waals surface area contributed by atoms with Crippen LogP contribution in [-0.4, -0.2) is 11.4 Å². The van der Waals surface area contributed by atoms with E-state index < -0.39 is 0 Å². The topological polar surface area (TPSA) is 29.1 Å². The van der Waals surface area contributed by atoms with Gasteiger partial charge < -0.3 is 5.32 Å². The zero-order valence-electron chi connectivity index (χ0n) is 11.6. The standard InChI is InChI=1S/C17H20BrNO/c18-15-3-1-14(2-4-15)16(20)19-17-8-11-5-12(9-17)7-13(6-11)10-17/h1-4,11-13H,5-10H2,(H,19,20). The van der Waals surface area contributed by atoms with Gasteiger partial charge in [-0.05, 0) is 80.5 Å². The second-order valence-electron chi connectivity index (χ2n) is 7.16. The smallest absolute Gasteiger partial charge is 0.251 e. The van der Waals surface area contributed by atoms with Crippen LogP contribution in [0.5, 0.6) is 0 Å². The fraction of sp³-hybridized carbons (Fsp3) is 0.588. The van der Waals surface area contributed by atoms with Gasteiger partial charge in [0.2, 0.25) is 0 Å². The van der Waals surface area contributed by atoms with Crippen molar-refractivity contribution in [3.05, 3.63) is 34.3 Å². The van der Waals surface area contributed by atoms with Crippen molar-refractivity contribution in [2.24, 2.45) is 17.8 Å². The molecule has 0 atom stereocenters. The van der Waals surface area contributed by atoms with E-state index in [1.807, 2.05) is 24.3 Å². The van der Waals surface area contributed by atoms with Crippen LogP contribution in [0.15, 0.2) is 28.7 Å². The van der Waals surface area contributed by atoms with Crippen LogP contribution in [0, 0.1) is 17.8 Å². The summed E-state index contributed by atoms with van der Waals surface area (Å²) in [6.07, 6.45) is 7.86. The van der Waals surface area contributed by atoms with Crippen molar-refractivity contribution in [2.75, 3.05) is 0 Å². The lowest BCUT2D eigenvalue weighted by molar-refractivity contribution is -0.0167. The van der Waals surface area contributed by atoms with Gasteiger partial charge in [-0.1, -0.05) is 15.9 Å². The maximum atomic E-state index is 12.5. The van der Waals surface area contributed by atoms with Crippen LogP contribution < -0.4 is 5.32 Å². The minimum Gasteiger partial charge on any atom is -0.347 e. The Morgan fingerprint density at radius 3 is 2.00 bits per heavy atom. The minimum atomic E-state index is 0.110. The first-order valence-corrected chi connectivity index (χ1v) is 8.49. The largest absolute Gasteiger partial charge is 0.347 e. The molecule has 2 nitrogen and oxygen atoms in total. The number of carbonyl (C=O) groups is 1. The first kappa shape index (κ1) is 12.9. The molecule has 5 rings (SSSR count). The summed E-state index contributed by atoms with van der Waals surface area (Å²) in [4.78, 5) is 12.5. The van der Waals surface area contributed by atoms with Crippen LogP contribution in [0.25, 0.3) is 0 Å². The normalized spacial score (nSPS) is 38.0. The number of rotatable bonds is 2. The monoisotopic (exact) mass is 333 g/mol. The zero-order chi connectivity index (χ0) is 13.7. The summed E-state index contributed by atoms with van der Waals surface area (Å²) in [5.41, 5.74) is 0.891. The summed E-state index contributed by atoms with van der Waals surface area (Å²) in [7, 11) is 0. The third kappa shape index (κ3) is 2.20. The maximum Gasteiger partial charge on any atom is 0.251 e. The van der Waals surface area contributed by atoms with E-state index in [-0.39, 0.29) is 11.4 Å². The fourth-order valence-corrected chi connectivity index (χ4v) is 5.44. The Morgan fingerprint density at radius 2 is 1.50 bits per heavy atom. The van der Waals surface area contributed by atoms with Gasteiger partial charge in [0.15, 0.2) is 0 Å². The number of benzene rings is 1. The van der Waals surface area contributed by atoms with Crippen molar-refractivity contribution in [1.29, 1.82) is 0 Å². The average molecular weight is 334 g/mol. The summed E-state index contributed by atoms with van der Waals surface area (Å²) in [5, 5.41) is 3.41. The van der Waals surface area contributed by atoms with Crippen LogP contribution >= 0.6 is 15.9 Å². The molecule has 20 heavy (non-hydrogen) atoms. The van der Waals surface area contributed by atoms with Crippen molar-refractivity contribution in [1.82, 2.24) is 5.32 Å². The van der Waals surface area contributed by atoms with E-state index in [4.69, 9.17) is 0 Å². The molecule has 1 aromatic carbocycles. The average Bonchev–Trinajstić information content (AvgIpc) is 2.37. The van der Waals surface area contributed by atoms with Gasteiger partial charge in [-0.2, -0.15) is 0 Å². The summed E-state index contributed by atoms with van der Waals surface area (Å²) >= 11 is 3.42. The molecule has 0 saturated heterocycles. The predicted octanol–water partition coefficient (Wildman–Crippen LogP) is 4.15. The Labute approximate surface area is 128 Å². The van der Waals surface area contributed by atoms with Crippen molar-refractivity contribution in [2.45, 2.75) is 44.1 Å². The summed E-state index contributed by atoms with van der Waals surface area (Å²) in [5.74, 6) is 2.71. The Morgan fingerprint density at radius 1 is 1.00 bits per heavy atom. The Bertz CT molecular complexity index is 501. The molecule has 1 aromatic rings. The molecule has 0 unspecified atom stereocenters. The predicted molar refractivity (Wildman–Crippen MR) is 82.5 cm³/mol. The number of hydrogen-bond acceptors (Lipinski definition) is 1. The van der Waals surface area contributed by atoms with Gasteiger partial charge >= 0.3 is 0 Å². The molecule has 3 heteroatoms. The summed E-state index contributed by atoms with van der Waals surface area (Å²) in [6.45, 7) is 0. The fourth-order valence-electron chi connectivity index (χ4n) is 5.18. The lowest BCUT2D eigenvalue weighted by Gasteiger charge is -2.56. The number of amides is 1. The van der Waals surface area contributed by atoms with Crippen LogP contribution in [-0.2, 0) is 0 Å². The zero-order valence-corrected chi connectivity index (χ0v) is 13.2. The maximum absolute atomic E-state index is 12.5. The third-order valence-electron chi connectivity index (χ3n) is 5.52. The van der Waals surface area contributed by atoms with Crippen LogP contribution in [0.4, 0.5) is 0 Å². The molecule has 4 bridgehead atoms. The van der Waals surface area contributed by atoms with Gasteiger partial charge in [0.25, 0.3) is 5.91 Å². The SMILES string of the molecule is O=C(NC12CC3CC(CC(C3)C1)C2)c1ccc(Br)cc1. The lowest BCUT2D eigenvalue weighted by Crippen LogP contribution is -2.59. The minimum absolute atomic E-state index is 0.110. The van der Waals surface area contributed by atoms with Crippen LogP contribution in [0.3, 0.4) is 0 Å². The van der Waals surface area contributed by atoms with E-state index in [0.717, 1.165) is 27.8 Å². The van der Waals surface area contributed by atoms with Gasteiger partial charge in [0.1, 0.15) is 0 Å². The Hall–Kier alpha value is -0.830. The van der Waals surface area contributed by atoms with E-state index in [0.29, 0.717) is 0 Å². The second kappa shape index (κ2) is 4.59. The molecular weight excluding hydrogens is 314 g/mol. The van der Waals surface area contributed by atoms with E-state index in [1.54, 1.807) is 0 Å². The molecule has 1 amide bonds. The molecule has 4 fully saturated rings. The quantitative estimate of drug-likeness (QED) is 0.865. The first-order chi connectivity index (χ1) is 9.62. The molecule has 0 spiro atoms. The highest BCUT2D eigenvalue weighted by molar-refractivity contribution is 9.10. The van der Waals surface area contributed by atoms with Gasteiger partial charge in [0.05, 0.1) is 0 Å². The Balaban J connectivity index is 1.53. The number of halogens is 1. The number of hydrogen-bond donors (Lipinski definition) is 1. The van der Waals surface area contributed by atoms with E-state index in [9.17, 15) is 4.79 Å². The molecule has 4 aliphatic rings. The molecule has 1 N–H and O–H groups in total. The van der Waals surface area contributed by atoms with E-state index in [2.05, 4.69) is 21.2 Å². The second-order valence-corrected chi connectivity index (χ2v) is 8.07. The van der Waals surface area contributed by atoms with Gasteiger partial charge in [-0.15, -0.1) is 0 Å². The first-order valence-electron chi connectivity index (χ1n) is 7.70. The molecule has 0 aliphatic heterocycles. The highest BCUT2D eigenvalue weighted by Crippen LogP contribution is 2.55. The molecule has 0 heterocycles. The van der Waals surface area contributed by atoms with Crippen LogP contribution in [0.1, 0.15) is 48.9 Å². The van der Waals surface area contributed by atoms with Crippen LogP contribution in [0.2, 0.25) is 0 Å². The van der Waals surface area contributed by atoms with Crippen molar-refractivity contribution >= 4 is 21.8 Å². The van der Waals surface area contributed by atoms with Gasteiger partial charge in [-0.25, -0.2) is 0 Å². The summed E-state index contributed by atoms with van der Waals surface area (Å²) in [6, 6.07) is 7.68. The van der Waals surface area contributed by atoms with E-state index in [1.165, 1.54) is 38.5 Å². The molecule has 4 aliphatic carbocycles. The Kier molecular flexibility index (Phi) is 2.95. The molecule has 0 aromatic heterocycles. The van der Waals surface area contributed by atoms with Crippen molar-refractivity contribution in [3.63, 3.8) is 0 Å². The number of nitrogens with one attached hydrogen (secondary N) is 1. The number of carbonyl (C=O) groups excluding carboxylic acids is 1. The molecule has 106 valence electrons. The van der Waals surface area contributed by atoms with Crippen molar-refractivity contribution in [3.8, 4) is 0 Å². The molecule has 4 saturated carbocycles. The van der Waals surface area contributed by atoms with Gasteiger partial charge in [0, 0.05) is 15.6 Å². The molecular formula is C17H20BrNO. The van der Waals surface area contributed by atoms with Crippen molar-refractivity contribution < 1.29 is 4.79 Å². The summed E-state index contributed by atoms with van der Waals surface area (Å²) < 4.78 is 1.02. The van der Waals surface area contributed by atoms with Gasteiger partial charge in [-0.3, -0.25) is 4.79 Å². The highest BCUT2D eigenvalue weighted by Gasteiger charge is 2.51.